The molecule has 94 valence electrons. The zero-order chi connectivity index (χ0) is 12.5. The molecular weight excluding hydrogens is 220 g/mol. The van der Waals surface area contributed by atoms with Crippen molar-refractivity contribution >= 4 is 0 Å². The molecule has 0 saturated heterocycles. The molecular formula is C13H18O4. The molecule has 0 aliphatic heterocycles. The van der Waals surface area contributed by atoms with Crippen molar-refractivity contribution < 1.29 is 19.3 Å². The molecule has 0 radical (unpaired) electrons. The van der Waals surface area contributed by atoms with Crippen molar-refractivity contribution in [3.05, 3.63) is 35.4 Å². The Bertz CT molecular complexity index is 400. The van der Waals surface area contributed by atoms with Crippen LogP contribution in [0, 0.1) is 0 Å². The molecule has 1 aromatic carbocycles. The highest BCUT2D eigenvalue weighted by atomic mass is 16.8. The highest BCUT2D eigenvalue weighted by molar-refractivity contribution is 5.35. The van der Waals surface area contributed by atoms with Crippen LogP contribution in [0.5, 0.6) is 0 Å². The van der Waals surface area contributed by atoms with E-state index in [0.717, 1.165) is 12.0 Å². The number of aryl methyl sites for hydroxylation is 1. The summed E-state index contributed by atoms with van der Waals surface area (Å²) in [5.74, 6) is -2.73. The lowest BCUT2D eigenvalue weighted by Crippen LogP contribution is -2.58. The molecule has 1 aromatic rings. The van der Waals surface area contributed by atoms with Crippen LogP contribution in [0.25, 0.3) is 0 Å². The van der Waals surface area contributed by atoms with E-state index in [1.807, 2.05) is 24.3 Å². The Morgan fingerprint density at radius 1 is 1.06 bits per heavy atom. The lowest BCUT2D eigenvalue weighted by atomic mass is 9.81. The number of fused-ring (bicyclic) bond motifs is 1. The summed E-state index contributed by atoms with van der Waals surface area (Å²) in [7, 11) is 4.48. The van der Waals surface area contributed by atoms with E-state index in [2.05, 4.69) is 0 Å². The fourth-order valence-electron chi connectivity index (χ4n) is 2.57. The molecule has 1 aliphatic carbocycles. The van der Waals surface area contributed by atoms with Gasteiger partial charge in [0.25, 0.3) is 0 Å². The summed E-state index contributed by atoms with van der Waals surface area (Å²) in [5, 5.41) is 10.8. The van der Waals surface area contributed by atoms with Gasteiger partial charge in [-0.25, -0.2) is 0 Å². The molecule has 0 heterocycles. The lowest BCUT2D eigenvalue weighted by molar-refractivity contribution is -0.395. The molecule has 0 bridgehead atoms. The zero-order valence-corrected chi connectivity index (χ0v) is 10.4. The molecule has 0 aromatic heterocycles. The molecule has 1 N–H and O–H groups in total. The van der Waals surface area contributed by atoms with Crippen LogP contribution in [0.3, 0.4) is 0 Å². The fraction of sp³-hybridized carbons (Fsp3) is 0.538. The van der Waals surface area contributed by atoms with Gasteiger partial charge in [0.15, 0.2) is 0 Å². The maximum Gasteiger partial charge on any atom is 0.248 e. The van der Waals surface area contributed by atoms with E-state index < -0.39 is 11.6 Å². The van der Waals surface area contributed by atoms with Gasteiger partial charge in [-0.1, -0.05) is 24.3 Å². The van der Waals surface area contributed by atoms with Gasteiger partial charge in [0, 0.05) is 33.3 Å². The van der Waals surface area contributed by atoms with Gasteiger partial charge in [-0.3, -0.25) is 0 Å². The molecule has 0 amide bonds. The number of methoxy groups -OCH3 is 3. The molecule has 1 atom stereocenters. The van der Waals surface area contributed by atoms with Gasteiger partial charge in [0.2, 0.25) is 11.6 Å². The minimum Gasteiger partial charge on any atom is -0.358 e. The van der Waals surface area contributed by atoms with Gasteiger partial charge in [0.05, 0.1) is 0 Å². The summed E-state index contributed by atoms with van der Waals surface area (Å²) in [4.78, 5) is 0. The maximum absolute atomic E-state index is 10.8. The molecule has 0 spiro atoms. The Labute approximate surface area is 101 Å². The van der Waals surface area contributed by atoms with E-state index in [9.17, 15) is 5.11 Å². The van der Waals surface area contributed by atoms with E-state index in [1.54, 1.807) is 0 Å². The Kier molecular flexibility index (Phi) is 3.23. The van der Waals surface area contributed by atoms with Gasteiger partial charge < -0.3 is 19.3 Å². The topological polar surface area (TPSA) is 47.9 Å². The summed E-state index contributed by atoms with van der Waals surface area (Å²) >= 11 is 0. The molecule has 2 rings (SSSR count). The smallest absolute Gasteiger partial charge is 0.248 e. The summed E-state index contributed by atoms with van der Waals surface area (Å²) in [6.07, 6.45) is 1.32. The van der Waals surface area contributed by atoms with Crippen LogP contribution in [0.15, 0.2) is 24.3 Å². The third-order valence-electron chi connectivity index (χ3n) is 3.58. The second-order valence-electron chi connectivity index (χ2n) is 4.17. The first-order valence-electron chi connectivity index (χ1n) is 5.60. The average molecular weight is 238 g/mol. The zero-order valence-electron chi connectivity index (χ0n) is 10.4. The molecule has 17 heavy (non-hydrogen) atoms. The van der Waals surface area contributed by atoms with Crippen molar-refractivity contribution in [3.8, 4) is 0 Å². The van der Waals surface area contributed by atoms with Crippen molar-refractivity contribution in [1.29, 1.82) is 0 Å². The largest absolute Gasteiger partial charge is 0.358 e. The minimum atomic E-state index is -1.58. The van der Waals surface area contributed by atoms with Crippen molar-refractivity contribution in [2.75, 3.05) is 21.3 Å². The van der Waals surface area contributed by atoms with Crippen molar-refractivity contribution in [2.24, 2.45) is 0 Å². The van der Waals surface area contributed by atoms with E-state index in [4.69, 9.17) is 14.2 Å². The normalized spacial score (nSPS) is 26.6. The van der Waals surface area contributed by atoms with E-state index in [1.165, 1.54) is 21.3 Å². The first kappa shape index (κ1) is 12.5. The van der Waals surface area contributed by atoms with Crippen molar-refractivity contribution in [2.45, 2.75) is 24.4 Å². The summed E-state index contributed by atoms with van der Waals surface area (Å²) in [6.45, 7) is 0. The number of hydrogen-bond acceptors (Lipinski definition) is 4. The molecule has 0 saturated carbocycles. The summed E-state index contributed by atoms with van der Waals surface area (Å²) in [5.41, 5.74) is 1.76. The van der Waals surface area contributed by atoms with Gasteiger partial charge in [0.1, 0.15) is 0 Å². The summed E-state index contributed by atoms with van der Waals surface area (Å²) < 4.78 is 16.1. The number of ether oxygens (including phenoxy) is 3. The highest BCUT2D eigenvalue weighted by Crippen LogP contribution is 2.45. The second kappa shape index (κ2) is 4.38. The molecule has 4 nitrogen and oxygen atoms in total. The van der Waals surface area contributed by atoms with Crippen molar-refractivity contribution in [1.82, 2.24) is 0 Å². The Balaban J connectivity index is 2.58. The van der Waals surface area contributed by atoms with Gasteiger partial charge in [-0.15, -0.1) is 0 Å². The molecule has 1 aliphatic rings. The third-order valence-corrected chi connectivity index (χ3v) is 3.58. The summed E-state index contributed by atoms with van der Waals surface area (Å²) in [6, 6.07) is 7.63. The quantitative estimate of drug-likeness (QED) is 0.809. The standard InChI is InChI=1S/C13H18O4/c1-15-12(16-2)9-8-10-6-4-5-7-11(10)13(12,14)17-3/h4-7,14H,8-9H2,1-3H3. The average Bonchev–Trinajstić information content (AvgIpc) is 2.40. The van der Waals surface area contributed by atoms with Crippen LogP contribution in [-0.4, -0.2) is 32.2 Å². The first-order valence-corrected chi connectivity index (χ1v) is 5.60. The fourth-order valence-corrected chi connectivity index (χ4v) is 2.57. The van der Waals surface area contributed by atoms with E-state index in [-0.39, 0.29) is 0 Å². The Morgan fingerprint density at radius 2 is 1.71 bits per heavy atom. The Morgan fingerprint density at radius 3 is 2.29 bits per heavy atom. The number of rotatable bonds is 3. The maximum atomic E-state index is 10.8. The lowest BCUT2D eigenvalue weighted by Gasteiger charge is -2.47. The van der Waals surface area contributed by atoms with Gasteiger partial charge in [-0.2, -0.15) is 0 Å². The third kappa shape index (κ3) is 1.60. The Hall–Kier alpha value is -0.940. The molecule has 1 unspecified atom stereocenters. The van der Waals surface area contributed by atoms with Gasteiger partial charge >= 0.3 is 0 Å². The van der Waals surface area contributed by atoms with Crippen LogP contribution >= 0.6 is 0 Å². The first-order chi connectivity index (χ1) is 8.13. The van der Waals surface area contributed by atoms with Crippen LogP contribution in [0.4, 0.5) is 0 Å². The van der Waals surface area contributed by atoms with Crippen LogP contribution in [0.2, 0.25) is 0 Å². The van der Waals surface area contributed by atoms with Gasteiger partial charge in [-0.05, 0) is 12.0 Å². The number of benzene rings is 1. The predicted octanol–water partition coefficient (Wildman–Crippen LogP) is 1.41. The van der Waals surface area contributed by atoms with E-state index >= 15 is 0 Å². The van der Waals surface area contributed by atoms with Crippen LogP contribution in [-0.2, 0) is 26.4 Å². The highest BCUT2D eigenvalue weighted by Gasteiger charge is 2.57. The van der Waals surface area contributed by atoms with Crippen LogP contribution in [0.1, 0.15) is 17.5 Å². The minimum absolute atomic E-state index is 0.543. The van der Waals surface area contributed by atoms with Crippen LogP contribution < -0.4 is 0 Å². The monoisotopic (exact) mass is 238 g/mol. The van der Waals surface area contributed by atoms with E-state index in [0.29, 0.717) is 12.0 Å². The number of hydrogen-bond donors (Lipinski definition) is 1. The second-order valence-corrected chi connectivity index (χ2v) is 4.17. The molecule has 4 heteroatoms. The van der Waals surface area contributed by atoms with Crippen molar-refractivity contribution in [3.63, 3.8) is 0 Å². The number of aliphatic hydroxyl groups is 1. The predicted molar refractivity (Wildman–Crippen MR) is 62.4 cm³/mol. The SMILES string of the molecule is COC1(OC)CCc2ccccc2C1(O)OC. The molecule has 0 fully saturated rings.